The highest BCUT2D eigenvalue weighted by molar-refractivity contribution is 6.06. The molecule has 0 bridgehead atoms. The van der Waals surface area contributed by atoms with Crippen LogP contribution in [-0.2, 0) is 6.54 Å². The van der Waals surface area contributed by atoms with Crippen LogP contribution in [0.3, 0.4) is 0 Å². The Labute approximate surface area is 182 Å². The molecule has 0 atom stereocenters. The molecule has 0 fully saturated rings. The van der Waals surface area contributed by atoms with Gasteiger partial charge >= 0.3 is 0 Å². The number of aryl methyl sites for hydroxylation is 3. The van der Waals surface area contributed by atoms with Crippen LogP contribution in [0.15, 0.2) is 71.5 Å². The van der Waals surface area contributed by atoms with Gasteiger partial charge in [-0.1, -0.05) is 42.0 Å². The zero-order valence-electron chi connectivity index (χ0n) is 18.3. The summed E-state index contributed by atoms with van der Waals surface area (Å²) in [7, 11) is 0. The molecule has 0 unspecified atom stereocenters. The Morgan fingerprint density at radius 2 is 1.61 bits per heavy atom. The Hall–Kier alpha value is -3.66. The first kappa shape index (κ1) is 20.6. The van der Waals surface area contributed by atoms with Crippen LogP contribution in [0.1, 0.15) is 38.2 Å². The number of rotatable bonds is 4. The van der Waals surface area contributed by atoms with E-state index in [4.69, 9.17) is 0 Å². The Kier molecular flexibility index (Phi) is 5.47. The van der Waals surface area contributed by atoms with Gasteiger partial charge in [0.25, 0.3) is 11.5 Å². The number of pyridine rings is 1. The average Bonchev–Trinajstić information content (AvgIpc) is 2.74. The van der Waals surface area contributed by atoms with Crippen molar-refractivity contribution >= 4 is 22.5 Å². The van der Waals surface area contributed by atoms with Gasteiger partial charge in [0.05, 0.1) is 6.54 Å². The van der Waals surface area contributed by atoms with Gasteiger partial charge in [0, 0.05) is 22.3 Å². The number of hydrogen-bond acceptors (Lipinski definition) is 2. The molecule has 3 aromatic carbocycles. The van der Waals surface area contributed by atoms with Crippen molar-refractivity contribution in [2.75, 3.05) is 4.90 Å². The molecule has 4 heteroatoms. The van der Waals surface area contributed by atoms with E-state index in [0.29, 0.717) is 11.1 Å². The molecule has 1 heterocycles. The number of fused-ring (bicyclic) bond motifs is 1. The lowest BCUT2D eigenvalue weighted by Crippen LogP contribution is -2.33. The summed E-state index contributed by atoms with van der Waals surface area (Å²) < 4.78 is 0. The lowest BCUT2D eigenvalue weighted by Gasteiger charge is -2.25. The first-order valence-electron chi connectivity index (χ1n) is 10.4. The van der Waals surface area contributed by atoms with E-state index in [2.05, 4.69) is 4.98 Å². The van der Waals surface area contributed by atoms with E-state index in [9.17, 15) is 9.59 Å². The minimum absolute atomic E-state index is 0.124. The van der Waals surface area contributed by atoms with Crippen molar-refractivity contribution in [3.8, 4) is 0 Å². The first-order chi connectivity index (χ1) is 14.8. The summed E-state index contributed by atoms with van der Waals surface area (Å²) in [6.07, 6.45) is 0. The van der Waals surface area contributed by atoms with Gasteiger partial charge in [-0.05, 0) is 80.1 Å². The van der Waals surface area contributed by atoms with Crippen LogP contribution in [-0.4, -0.2) is 10.9 Å². The number of nitrogens with zero attached hydrogens (tertiary/aromatic N) is 1. The molecule has 4 rings (SSSR count). The predicted molar refractivity (Wildman–Crippen MR) is 127 cm³/mol. The molecular weight excluding hydrogens is 384 g/mol. The number of hydrogen-bond donors (Lipinski definition) is 1. The van der Waals surface area contributed by atoms with Gasteiger partial charge in [0.2, 0.25) is 0 Å². The highest BCUT2D eigenvalue weighted by Crippen LogP contribution is 2.26. The summed E-state index contributed by atoms with van der Waals surface area (Å²) in [5.41, 5.74) is 6.83. The second-order valence-corrected chi connectivity index (χ2v) is 8.19. The predicted octanol–water partition coefficient (Wildman–Crippen LogP) is 5.61. The highest BCUT2D eigenvalue weighted by atomic mass is 16.2. The smallest absolute Gasteiger partial charge is 0.258 e. The molecule has 1 N–H and O–H groups in total. The third-order valence-corrected chi connectivity index (χ3v) is 5.78. The molecule has 1 amide bonds. The Morgan fingerprint density at radius 1 is 0.871 bits per heavy atom. The molecule has 0 spiro atoms. The summed E-state index contributed by atoms with van der Waals surface area (Å²) in [4.78, 5) is 31.2. The van der Waals surface area contributed by atoms with Crippen LogP contribution in [0.4, 0.5) is 5.69 Å². The van der Waals surface area contributed by atoms with Gasteiger partial charge < -0.3 is 9.88 Å². The first-order valence-corrected chi connectivity index (χ1v) is 10.4. The SMILES string of the molecule is Cc1cccc(C(=O)N(Cc2cc3ccc(C)cc3[nH]c2=O)c2cccc(C)c2C)c1. The molecule has 1 aromatic heterocycles. The van der Waals surface area contributed by atoms with Gasteiger partial charge in [-0.2, -0.15) is 0 Å². The zero-order chi connectivity index (χ0) is 22.1. The number of amides is 1. The maximum Gasteiger partial charge on any atom is 0.258 e. The zero-order valence-corrected chi connectivity index (χ0v) is 18.3. The monoisotopic (exact) mass is 410 g/mol. The van der Waals surface area contributed by atoms with Gasteiger partial charge in [-0.25, -0.2) is 0 Å². The van der Waals surface area contributed by atoms with E-state index in [-0.39, 0.29) is 18.0 Å². The number of anilines is 1. The third kappa shape index (κ3) is 4.15. The third-order valence-electron chi connectivity index (χ3n) is 5.78. The second-order valence-electron chi connectivity index (χ2n) is 8.19. The molecule has 0 aliphatic carbocycles. The van der Waals surface area contributed by atoms with E-state index in [0.717, 1.165) is 38.8 Å². The number of carbonyl (C=O) groups excluding carboxylic acids is 1. The minimum Gasteiger partial charge on any atom is -0.322 e. The molecular formula is C27H26N2O2. The summed E-state index contributed by atoms with van der Waals surface area (Å²) in [6, 6.07) is 21.3. The van der Waals surface area contributed by atoms with Crippen molar-refractivity contribution < 1.29 is 4.79 Å². The van der Waals surface area contributed by atoms with Crippen molar-refractivity contribution in [2.45, 2.75) is 34.2 Å². The number of aromatic amines is 1. The molecule has 0 aliphatic heterocycles. The van der Waals surface area contributed by atoms with Crippen LogP contribution >= 0.6 is 0 Å². The quantitative estimate of drug-likeness (QED) is 0.475. The van der Waals surface area contributed by atoms with Crippen LogP contribution < -0.4 is 10.5 Å². The standard InChI is InChI=1S/C27H26N2O2/c1-17-7-5-9-22(13-17)27(31)29(25-10-6-8-19(3)20(25)4)16-23-15-21-12-11-18(2)14-24(21)28-26(23)30/h5-15H,16H2,1-4H3,(H,28,30). The highest BCUT2D eigenvalue weighted by Gasteiger charge is 2.22. The topological polar surface area (TPSA) is 53.2 Å². The Morgan fingerprint density at radius 3 is 2.39 bits per heavy atom. The maximum absolute atomic E-state index is 13.6. The van der Waals surface area contributed by atoms with Crippen LogP contribution in [0, 0.1) is 27.7 Å². The van der Waals surface area contributed by atoms with Gasteiger partial charge in [-0.3, -0.25) is 9.59 Å². The molecule has 0 aliphatic rings. The van der Waals surface area contributed by atoms with E-state index < -0.39 is 0 Å². The van der Waals surface area contributed by atoms with Crippen molar-refractivity contribution in [1.82, 2.24) is 4.98 Å². The summed E-state index contributed by atoms with van der Waals surface area (Å²) >= 11 is 0. The Balaban J connectivity index is 1.83. The van der Waals surface area contributed by atoms with Gasteiger partial charge in [0.1, 0.15) is 0 Å². The molecule has 4 aromatic rings. The Bertz CT molecular complexity index is 1350. The molecule has 0 radical (unpaired) electrons. The summed E-state index contributed by atoms with van der Waals surface area (Å²) in [5, 5.41) is 0.948. The van der Waals surface area contributed by atoms with E-state index in [1.165, 1.54) is 0 Å². The lowest BCUT2D eigenvalue weighted by atomic mass is 10.0. The van der Waals surface area contributed by atoms with Crippen molar-refractivity contribution in [3.63, 3.8) is 0 Å². The fourth-order valence-electron chi connectivity index (χ4n) is 3.88. The number of H-pyrrole nitrogens is 1. The molecule has 4 nitrogen and oxygen atoms in total. The van der Waals surface area contributed by atoms with E-state index in [1.807, 2.05) is 94.4 Å². The minimum atomic E-state index is -0.176. The number of aromatic nitrogens is 1. The second kappa shape index (κ2) is 8.23. The molecule has 31 heavy (non-hydrogen) atoms. The van der Waals surface area contributed by atoms with Gasteiger partial charge in [0.15, 0.2) is 0 Å². The van der Waals surface area contributed by atoms with E-state index in [1.54, 1.807) is 4.90 Å². The molecule has 156 valence electrons. The van der Waals surface area contributed by atoms with Gasteiger partial charge in [-0.15, -0.1) is 0 Å². The number of carbonyl (C=O) groups is 1. The summed E-state index contributed by atoms with van der Waals surface area (Å²) in [6.45, 7) is 8.19. The summed E-state index contributed by atoms with van der Waals surface area (Å²) in [5.74, 6) is -0.124. The molecule has 0 saturated carbocycles. The van der Waals surface area contributed by atoms with Crippen LogP contribution in [0.2, 0.25) is 0 Å². The van der Waals surface area contributed by atoms with Crippen molar-refractivity contribution in [2.24, 2.45) is 0 Å². The largest absolute Gasteiger partial charge is 0.322 e. The van der Waals surface area contributed by atoms with Crippen molar-refractivity contribution in [1.29, 1.82) is 0 Å². The molecule has 0 saturated heterocycles. The average molecular weight is 411 g/mol. The lowest BCUT2D eigenvalue weighted by molar-refractivity contribution is 0.0985. The fourth-order valence-corrected chi connectivity index (χ4v) is 3.88. The normalized spacial score (nSPS) is 11.0. The van der Waals surface area contributed by atoms with Crippen molar-refractivity contribution in [3.05, 3.63) is 110 Å². The fraction of sp³-hybridized carbons (Fsp3) is 0.185. The number of benzene rings is 3. The number of nitrogens with one attached hydrogen (secondary N) is 1. The van der Waals surface area contributed by atoms with E-state index >= 15 is 0 Å². The van der Waals surface area contributed by atoms with Crippen LogP contribution in [0.5, 0.6) is 0 Å². The maximum atomic E-state index is 13.6. The van der Waals surface area contributed by atoms with Crippen LogP contribution in [0.25, 0.3) is 10.9 Å².